The van der Waals surface area contributed by atoms with Crippen molar-refractivity contribution < 1.29 is 31.4 Å². The van der Waals surface area contributed by atoms with Gasteiger partial charge >= 0.3 is 12.4 Å². The zero-order valence-corrected chi connectivity index (χ0v) is 11.9. The Kier molecular flexibility index (Phi) is 4.68. The summed E-state index contributed by atoms with van der Waals surface area (Å²) in [5.74, 6) is -3.80. The second-order valence-electron chi connectivity index (χ2n) is 5.18. The lowest BCUT2D eigenvalue weighted by Crippen LogP contribution is -2.41. The Morgan fingerprint density at radius 1 is 0.810 bits per heavy atom. The van der Waals surface area contributed by atoms with Gasteiger partial charge in [-0.2, -0.15) is 26.3 Å². The molecule has 0 aromatic heterocycles. The van der Waals surface area contributed by atoms with E-state index < -0.39 is 24.4 Å². The zero-order chi connectivity index (χ0) is 16.7. The third kappa shape index (κ3) is 3.51. The van der Waals surface area contributed by atoms with Gasteiger partial charge in [0.05, 0.1) is 6.10 Å². The number of hydrogen-bond acceptors (Lipinski definition) is 1. The summed E-state index contributed by atoms with van der Waals surface area (Å²) in [7, 11) is 0. The molecule has 1 aromatic rings. The number of halogens is 6. The van der Waals surface area contributed by atoms with E-state index in [4.69, 9.17) is 0 Å². The van der Waals surface area contributed by atoms with Gasteiger partial charge in [-0.15, -0.1) is 0 Å². The van der Waals surface area contributed by atoms with Crippen molar-refractivity contribution >= 4 is 0 Å². The van der Waals surface area contributed by atoms with Crippen LogP contribution in [0.25, 0.3) is 0 Å². The summed E-state index contributed by atoms with van der Waals surface area (Å²) in [5, 5.41) is 9.82. The largest absolute Gasteiger partial charge is 0.403 e. The van der Waals surface area contributed by atoms with Gasteiger partial charge in [0.25, 0.3) is 0 Å². The van der Waals surface area contributed by atoms with Crippen LogP contribution in [0, 0.1) is 33.6 Å². The van der Waals surface area contributed by atoms with Crippen LogP contribution in [-0.4, -0.2) is 17.5 Å². The predicted octanol–water partition coefficient (Wildman–Crippen LogP) is 4.69. The van der Waals surface area contributed by atoms with Gasteiger partial charge in [-0.1, -0.05) is 6.07 Å². The number of benzene rings is 1. The third-order valence-corrected chi connectivity index (χ3v) is 3.74. The van der Waals surface area contributed by atoms with Crippen LogP contribution in [0.5, 0.6) is 0 Å². The average molecular weight is 314 g/mol. The van der Waals surface area contributed by atoms with Gasteiger partial charge in [0.1, 0.15) is 0 Å². The van der Waals surface area contributed by atoms with Crippen LogP contribution in [0.1, 0.15) is 33.9 Å². The van der Waals surface area contributed by atoms with Crippen LogP contribution in [0.15, 0.2) is 6.07 Å². The summed E-state index contributed by atoms with van der Waals surface area (Å²) in [6.07, 6.45) is -13.8. The van der Waals surface area contributed by atoms with Gasteiger partial charge < -0.3 is 5.11 Å². The van der Waals surface area contributed by atoms with Gasteiger partial charge in [0.15, 0.2) is 5.92 Å². The molecule has 0 aliphatic heterocycles. The van der Waals surface area contributed by atoms with E-state index in [1.54, 1.807) is 19.9 Å². The molecular weight excluding hydrogens is 298 g/mol. The first-order valence-corrected chi connectivity index (χ1v) is 6.17. The van der Waals surface area contributed by atoms with Gasteiger partial charge in [-0.25, -0.2) is 0 Å². The van der Waals surface area contributed by atoms with E-state index in [2.05, 4.69) is 0 Å². The topological polar surface area (TPSA) is 20.2 Å². The van der Waals surface area contributed by atoms with E-state index in [0.717, 1.165) is 0 Å². The fourth-order valence-corrected chi connectivity index (χ4v) is 2.40. The second-order valence-corrected chi connectivity index (χ2v) is 5.18. The zero-order valence-electron chi connectivity index (χ0n) is 11.9. The van der Waals surface area contributed by atoms with Crippen molar-refractivity contribution in [3.63, 3.8) is 0 Å². The number of aryl methyl sites for hydroxylation is 2. The molecule has 1 atom stereocenters. The summed E-state index contributed by atoms with van der Waals surface area (Å²) in [5.41, 5.74) is 1.26. The molecule has 0 fully saturated rings. The van der Waals surface area contributed by atoms with Crippen molar-refractivity contribution in [1.82, 2.24) is 0 Å². The van der Waals surface area contributed by atoms with E-state index in [9.17, 15) is 31.4 Å². The highest BCUT2D eigenvalue weighted by molar-refractivity contribution is 5.45. The number of rotatable bonds is 2. The highest BCUT2D eigenvalue weighted by atomic mass is 19.4. The lowest BCUT2D eigenvalue weighted by Gasteiger charge is -2.30. The van der Waals surface area contributed by atoms with E-state index in [1.807, 2.05) is 0 Å². The second kappa shape index (κ2) is 5.51. The summed E-state index contributed by atoms with van der Waals surface area (Å²) in [6, 6.07) is 1.66. The molecule has 0 radical (unpaired) electrons. The van der Waals surface area contributed by atoms with E-state index in [-0.39, 0.29) is 16.7 Å². The molecule has 1 rings (SSSR count). The number of aliphatic hydroxyl groups is 1. The average Bonchev–Trinajstić information content (AvgIpc) is 2.22. The number of aliphatic hydroxyl groups excluding tert-OH is 1. The predicted molar refractivity (Wildman–Crippen MR) is 65.9 cm³/mol. The fourth-order valence-electron chi connectivity index (χ4n) is 2.40. The molecule has 0 amide bonds. The van der Waals surface area contributed by atoms with Crippen molar-refractivity contribution in [3.8, 4) is 0 Å². The van der Waals surface area contributed by atoms with Crippen molar-refractivity contribution in [1.29, 1.82) is 0 Å². The molecule has 21 heavy (non-hydrogen) atoms. The van der Waals surface area contributed by atoms with Crippen molar-refractivity contribution in [2.45, 2.75) is 46.2 Å². The first kappa shape index (κ1) is 17.8. The Hall–Kier alpha value is -1.24. The van der Waals surface area contributed by atoms with Crippen molar-refractivity contribution in [2.75, 3.05) is 0 Å². The Morgan fingerprint density at radius 3 is 1.43 bits per heavy atom. The van der Waals surface area contributed by atoms with Crippen LogP contribution >= 0.6 is 0 Å². The maximum absolute atomic E-state index is 12.7. The molecule has 0 saturated carbocycles. The standard InChI is InChI=1S/C14H16F6O/c1-6-5-7(2)9(4)10(8(6)3)11(21)12(13(15,16)17)14(18,19)20/h5,11-12,21H,1-4H3. The quantitative estimate of drug-likeness (QED) is 0.785. The first-order valence-electron chi connectivity index (χ1n) is 6.17. The highest BCUT2D eigenvalue weighted by Crippen LogP contribution is 2.47. The molecule has 0 aliphatic rings. The molecule has 120 valence electrons. The number of alkyl halides is 6. The lowest BCUT2D eigenvalue weighted by atomic mass is 9.85. The summed E-state index contributed by atoms with van der Waals surface area (Å²) in [6.45, 7) is 5.97. The van der Waals surface area contributed by atoms with Crippen molar-refractivity contribution in [2.24, 2.45) is 5.92 Å². The molecule has 1 N–H and O–H groups in total. The van der Waals surface area contributed by atoms with Crippen molar-refractivity contribution in [3.05, 3.63) is 33.9 Å². The molecule has 0 heterocycles. The highest BCUT2D eigenvalue weighted by Gasteiger charge is 2.60. The lowest BCUT2D eigenvalue weighted by molar-refractivity contribution is -0.307. The maximum atomic E-state index is 12.7. The number of hydrogen-bond donors (Lipinski definition) is 1. The minimum absolute atomic E-state index is 0.240. The molecule has 0 spiro atoms. The molecular formula is C14H16F6O. The molecule has 0 saturated heterocycles. The van der Waals surface area contributed by atoms with Crippen LogP contribution in [-0.2, 0) is 0 Å². The van der Waals surface area contributed by atoms with Gasteiger partial charge in [0, 0.05) is 0 Å². The molecule has 1 nitrogen and oxygen atoms in total. The minimum Gasteiger partial charge on any atom is -0.387 e. The smallest absolute Gasteiger partial charge is 0.387 e. The molecule has 0 bridgehead atoms. The minimum atomic E-state index is -5.58. The van der Waals surface area contributed by atoms with E-state index >= 15 is 0 Å². The maximum Gasteiger partial charge on any atom is 0.403 e. The Morgan fingerprint density at radius 2 is 1.14 bits per heavy atom. The Bertz CT molecular complexity index is 489. The normalized spacial score (nSPS) is 14.7. The Labute approximate surface area is 118 Å². The van der Waals surface area contributed by atoms with Crippen LogP contribution in [0.3, 0.4) is 0 Å². The van der Waals surface area contributed by atoms with Crippen LogP contribution in [0.2, 0.25) is 0 Å². The van der Waals surface area contributed by atoms with E-state index in [1.165, 1.54) is 13.8 Å². The molecule has 7 heteroatoms. The fraction of sp³-hybridized carbons (Fsp3) is 0.571. The van der Waals surface area contributed by atoms with E-state index in [0.29, 0.717) is 11.1 Å². The molecule has 1 unspecified atom stereocenters. The monoisotopic (exact) mass is 314 g/mol. The molecule has 1 aromatic carbocycles. The van der Waals surface area contributed by atoms with Gasteiger partial charge in [-0.05, 0) is 55.5 Å². The van der Waals surface area contributed by atoms with Crippen LogP contribution in [0.4, 0.5) is 26.3 Å². The summed E-state index contributed by atoms with van der Waals surface area (Å²) >= 11 is 0. The van der Waals surface area contributed by atoms with Gasteiger partial charge in [0.2, 0.25) is 0 Å². The van der Waals surface area contributed by atoms with Crippen LogP contribution < -0.4 is 0 Å². The third-order valence-electron chi connectivity index (χ3n) is 3.74. The van der Waals surface area contributed by atoms with Gasteiger partial charge in [-0.3, -0.25) is 0 Å². The summed E-state index contributed by atoms with van der Waals surface area (Å²) < 4.78 is 76.4. The Balaban J connectivity index is 3.52. The SMILES string of the molecule is Cc1cc(C)c(C)c(C(O)C(C(F)(F)F)C(F)(F)F)c1C. The molecule has 0 aliphatic carbocycles. The summed E-state index contributed by atoms with van der Waals surface area (Å²) in [4.78, 5) is 0. The first-order chi connectivity index (χ1) is 9.28.